The van der Waals surface area contributed by atoms with Gasteiger partial charge in [-0.3, -0.25) is 0 Å². The molecule has 0 aliphatic heterocycles. The SMILES string of the molecule is CCOC(=O)SSC(=O)OCC.Cl. The molecule has 0 atom stereocenters. The molecule has 0 spiro atoms. The van der Waals surface area contributed by atoms with Crippen molar-refractivity contribution in [1.82, 2.24) is 0 Å². The highest BCUT2D eigenvalue weighted by Crippen LogP contribution is 2.25. The molecule has 0 aromatic rings. The van der Waals surface area contributed by atoms with Crippen molar-refractivity contribution in [2.45, 2.75) is 13.8 Å². The lowest BCUT2D eigenvalue weighted by molar-refractivity contribution is 0.180. The molecule has 7 heteroatoms. The smallest absolute Gasteiger partial charge is 0.378 e. The summed E-state index contributed by atoms with van der Waals surface area (Å²) in [6.07, 6.45) is 0. The third-order valence-corrected chi connectivity index (χ3v) is 2.36. The van der Waals surface area contributed by atoms with Gasteiger partial charge in [-0.25, -0.2) is 9.59 Å². The molecular formula is C6H11ClO4S2. The molecule has 0 unspecified atom stereocenters. The van der Waals surface area contributed by atoms with Crippen molar-refractivity contribution in [2.75, 3.05) is 13.2 Å². The van der Waals surface area contributed by atoms with Crippen molar-refractivity contribution >= 4 is 44.6 Å². The molecule has 0 aromatic carbocycles. The van der Waals surface area contributed by atoms with Crippen LogP contribution in [0.3, 0.4) is 0 Å². The van der Waals surface area contributed by atoms with Crippen LogP contribution in [0.5, 0.6) is 0 Å². The largest absolute Gasteiger partial charge is 0.457 e. The van der Waals surface area contributed by atoms with Crippen molar-refractivity contribution in [3.8, 4) is 0 Å². The lowest BCUT2D eigenvalue weighted by atomic mass is 10.9. The molecule has 0 amide bonds. The van der Waals surface area contributed by atoms with E-state index in [1.807, 2.05) is 0 Å². The van der Waals surface area contributed by atoms with E-state index in [1.165, 1.54) is 0 Å². The Labute approximate surface area is 90.9 Å². The summed E-state index contributed by atoms with van der Waals surface area (Å²) in [6, 6.07) is 0. The van der Waals surface area contributed by atoms with Crippen LogP contribution >= 0.6 is 34.0 Å². The van der Waals surface area contributed by atoms with Crippen molar-refractivity contribution < 1.29 is 19.1 Å². The van der Waals surface area contributed by atoms with Gasteiger partial charge >= 0.3 is 10.6 Å². The van der Waals surface area contributed by atoms with E-state index in [0.29, 0.717) is 13.2 Å². The fourth-order valence-corrected chi connectivity index (χ4v) is 1.52. The molecule has 0 saturated carbocycles. The highest BCUT2D eigenvalue weighted by molar-refractivity contribution is 8.86. The van der Waals surface area contributed by atoms with Crippen LogP contribution in [0.1, 0.15) is 13.8 Å². The highest BCUT2D eigenvalue weighted by Gasteiger charge is 2.09. The van der Waals surface area contributed by atoms with E-state index >= 15 is 0 Å². The van der Waals surface area contributed by atoms with Crippen LogP contribution in [-0.4, -0.2) is 23.8 Å². The molecule has 0 aromatic heterocycles. The Morgan fingerprint density at radius 2 is 1.31 bits per heavy atom. The normalized spacial score (nSPS) is 8.46. The van der Waals surface area contributed by atoms with Crippen LogP contribution in [-0.2, 0) is 9.47 Å². The van der Waals surface area contributed by atoms with Crippen LogP contribution in [0, 0.1) is 0 Å². The third-order valence-electron chi connectivity index (χ3n) is 0.702. The first-order valence-corrected chi connectivity index (χ1v) is 5.53. The topological polar surface area (TPSA) is 52.6 Å². The molecule has 78 valence electrons. The summed E-state index contributed by atoms with van der Waals surface area (Å²) in [5.41, 5.74) is 0. The Morgan fingerprint density at radius 3 is 1.54 bits per heavy atom. The molecule has 0 rings (SSSR count). The fraction of sp³-hybridized carbons (Fsp3) is 0.667. The third kappa shape index (κ3) is 9.85. The maximum absolute atomic E-state index is 10.7. The molecule has 0 heterocycles. The van der Waals surface area contributed by atoms with Gasteiger partial charge in [-0.05, 0) is 13.8 Å². The van der Waals surface area contributed by atoms with E-state index in [2.05, 4.69) is 9.47 Å². The Morgan fingerprint density at radius 1 is 1.00 bits per heavy atom. The second kappa shape index (κ2) is 10.0. The summed E-state index contributed by atoms with van der Waals surface area (Å²) in [5.74, 6) is 0. The summed E-state index contributed by atoms with van der Waals surface area (Å²) in [4.78, 5) is 21.3. The first-order chi connectivity index (χ1) is 5.70. The number of ether oxygens (including phenoxy) is 2. The lowest BCUT2D eigenvalue weighted by Gasteiger charge is -1.99. The zero-order valence-electron chi connectivity index (χ0n) is 7.27. The van der Waals surface area contributed by atoms with Gasteiger partial charge < -0.3 is 9.47 Å². The van der Waals surface area contributed by atoms with E-state index in [9.17, 15) is 9.59 Å². The molecule has 0 bridgehead atoms. The number of rotatable bonds is 2. The molecule has 0 fully saturated rings. The van der Waals surface area contributed by atoms with Crippen LogP contribution in [0.15, 0.2) is 0 Å². The monoisotopic (exact) mass is 246 g/mol. The minimum atomic E-state index is -0.476. The van der Waals surface area contributed by atoms with Crippen LogP contribution in [0.2, 0.25) is 0 Å². The van der Waals surface area contributed by atoms with E-state index in [0.717, 1.165) is 21.6 Å². The highest BCUT2D eigenvalue weighted by atomic mass is 35.5. The molecule has 0 aliphatic carbocycles. The van der Waals surface area contributed by atoms with Gasteiger partial charge in [-0.15, -0.1) is 12.4 Å². The summed E-state index contributed by atoms with van der Waals surface area (Å²) in [7, 11) is 1.46. The average molecular weight is 247 g/mol. The maximum Gasteiger partial charge on any atom is 0.378 e. The van der Waals surface area contributed by atoms with Gasteiger partial charge in [-0.1, -0.05) is 0 Å². The summed E-state index contributed by atoms with van der Waals surface area (Å²) in [6.45, 7) is 4.03. The quantitative estimate of drug-likeness (QED) is 0.551. The number of halogens is 1. The van der Waals surface area contributed by atoms with Gasteiger partial charge in [-0.2, -0.15) is 0 Å². The minimum Gasteiger partial charge on any atom is -0.457 e. The van der Waals surface area contributed by atoms with Gasteiger partial charge in [0.25, 0.3) is 0 Å². The van der Waals surface area contributed by atoms with E-state index in [4.69, 9.17) is 0 Å². The maximum atomic E-state index is 10.7. The minimum absolute atomic E-state index is 0. The zero-order chi connectivity index (χ0) is 9.40. The summed E-state index contributed by atoms with van der Waals surface area (Å²) < 4.78 is 9.13. The molecule has 4 nitrogen and oxygen atoms in total. The van der Waals surface area contributed by atoms with Gasteiger partial charge in [0.1, 0.15) is 0 Å². The predicted octanol–water partition coefficient (Wildman–Crippen LogP) is 3.10. The van der Waals surface area contributed by atoms with Crippen LogP contribution < -0.4 is 0 Å². The average Bonchev–Trinajstić information content (AvgIpc) is 2.02. The number of hydrogen-bond donors (Lipinski definition) is 0. The van der Waals surface area contributed by atoms with Crippen molar-refractivity contribution in [3.05, 3.63) is 0 Å². The van der Waals surface area contributed by atoms with Gasteiger partial charge in [0, 0.05) is 21.6 Å². The molecule has 0 N–H and O–H groups in total. The second-order valence-electron chi connectivity index (χ2n) is 1.53. The Kier molecular flexibility index (Phi) is 11.9. The molecule has 0 saturated heterocycles. The Bertz CT molecular complexity index is 147. The number of hydrogen-bond acceptors (Lipinski definition) is 6. The second-order valence-corrected chi connectivity index (χ2v) is 3.53. The number of carbonyl (C=O) groups excluding carboxylic acids is 2. The lowest BCUT2D eigenvalue weighted by Crippen LogP contribution is -1.97. The van der Waals surface area contributed by atoms with Crippen molar-refractivity contribution in [1.29, 1.82) is 0 Å². The van der Waals surface area contributed by atoms with Gasteiger partial charge in [0.05, 0.1) is 13.2 Å². The van der Waals surface area contributed by atoms with Crippen LogP contribution in [0.4, 0.5) is 9.59 Å². The summed E-state index contributed by atoms with van der Waals surface area (Å²) in [5, 5.41) is -0.953. The van der Waals surface area contributed by atoms with Gasteiger partial charge in [0.15, 0.2) is 0 Å². The standard InChI is InChI=1S/C6H10O4S2.ClH/c1-3-9-5(7)11-12-6(8)10-4-2;/h3-4H2,1-2H3;1H. The zero-order valence-corrected chi connectivity index (χ0v) is 9.72. The fourth-order valence-electron chi connectivity index (χ4n) is 0.352. The Balaban J connectivity index is 0. The predicted molar refractivity (Wildman–Crippen MR) is 56.5 cm³/mol. The van der Waals surface area contributed by atoms with Crippen LogP contribution in [0.25, 0.3) is 0 Å². The summed E-state index contributed by atoms with van der Waals surface area (Å²) >= 11 is 0. The van der Waals surface area contributed by atoms with Gasteiger partial charge in [0.2, 0.25) is 0 Å². The van der Waals surface area contributed by atoms with E-state index in [1.54, 1.807) is 13.8 Å². The first-order valence-electron chi connectivity index (χ1n) is 3.38. The van der Waals surface area contributed by atoms with Crippen molar-refractivity contribution in [3.63, 3.8) is 0 Å². The first kappa shape index (κ1) is 15.4. The Hall–Kier alpha value is -0.0700. The molecule has 0 radical (unpaired) electrons. The van der Waals surface area contributed by atoms with E-state index < -0.39 is 10.6 Å². The number of carbonyl (C=O) groups is 2. The molecule has 13 heavy (non-hydrogen) atoms. The molecule has 0 aliphatic rings. The van der Waals surface area contributed by atoms with E-state index in [-0.39, 0.29) is 12.4 Å². The van der Waals surface area contributed by atoms with Crippen molar-refractivity contribution in [2.24, 2.45) is 0 Å². The molecular weight excluding hydrogens is 236 g/mol.